The zero-order valence-electron chi connectivity index (χ0n) is 23.5. The number of para-hydroxylation sites is 1. The molecular formula is C28H35N7O5. The number of rotatable bonds is 6. The van der Waals surface area contributed by atoms with E-state index >= 15 is 0 Å². The molecular weight excluding hydrogens is 514 g/mol. The molecule has 12 heteroatoms. The number of fused-ring (bicyclic) bond motifs is 1. The molecule has 1 aromatic carbocycles. The first-order chi connectivity index (χ1) is 18.9. The van der Waals surface area contributed by atoms with Gasteiger partial charge in [-0.3, -0.25) is 23.3 Å². The van der Waals surface area contributed by atoms with Crippen LogP contribution in [0.15, 0.2) is 33.9 Å². The van der Waals surface area contributed by atoms with Gasteiger partial charge < -0.3 is 20.7 Å². The fraction of sp³-hybridized carbons (Fsp3) is 0.464. The molecule has 0 spiro atoms. The molecule has 40 heavy (non-hydrogen) atoms. The highest BCUT2D eigenvalue weighted by Crippen LogP contribution is 2.24. The number of anilines is 2. The summed E-state index contributed by atoms with van der Waals surface area (Å²) in [5.41, 5.74) is 4.87. The summed E-state index contributed by atoms with van der Waals surface area (Å²) in [7, 11) is 1.51. The molecule has 1 aliphatic heterocycles. The topological polar surface area (TPSA) is 146 Å². The van der Waals surface area contributed by atoms with Crippen molar-refractivity contribution in [2.24, 2.45) is 7.05 Å². The average molecular weight is 550 g/mol. The van der Waals surface area contributed by atoms with Crippen LogP contribution in [0.2, 0.25) is 0 Å². The molecule has 1 fully saturated rings. The number of carbonyl (C=O) groups excluding carboxylic acids is 2. The van der Waals surface area contributed by atoms with Crippen LogP contribution in [0.1, 0.15) is 50.9 Å². The lowest BCUT2D eigenvalue weighted by Crippen LogP contribution is -2.49. The van der Waals surface area contributed by atoms with Gasteiger partial charge >= 0.3 is 11.8 Å². The third kappa shape index (κ3) is 5.88. The molecule has 1 atom stereocenters. The van der Waals surface area contributed by atoms with Crippen LogP contribution in [0.3, 0.4) is 0 Å². The van der Waals surface area contributed by atoms with Crippen molar-refractivity contribution in [3.05, 3.63) is 50.7 Å². The van der Waals surface area contributed by atoms with Crippen molar-refractivity contribution in [1.29, 1.82) is 0 Å². The normalized spacial score (nSPS) is 15.4. The minimum Gasteiger partial charge on any atom is -0.444 e. The number of nitrogens with zero attached hydrogens (tertiary/aromatic N) is 5. The summed E-state index contributed by atoms with van der Waals surface area (Å²) >= 11 is 0. The highest BCUT2D eigenvalue weighted by Gasteiger charge is 2.29. The quantitative estimate of drug-likeness (QED) is 0.269. The van der Waals surface area contributed by atoms with Gasteiger partial charge in [-0.25, -0.2) is 9.59 Å². The lowest BCUT2D eigenvalue weighted by atomic mass is 10.1. The van der Waals surface area contributed by atoms with Crippen molar-refractivity contribution >= 4 is 34.7 Å². The lowest BCUT2D eigenvalue weighted by Gasteiger charge is -2.34. The van der Waals surface area contributed by atoms with Crippen molar-refractivity contribution < 1.29 is 14.3 Å². The fourth-order valence-electron chi connectivity index (χ4n) is 4.78. The van der Waals surface area contributed by atoms with E-state index in [4.69, 9.17) is 15.5 Å². The zero-order chi connectivity index (χ0) is 29.2. The average Bonchev–Trinajstić information content (AvgIpc) is 3.27. The van der Waals surface area contributed by atoms with Crippen molar-refractivity contribution in [3.8, 4) is 11.8 Å². The van der Waals surface area contributed by atoms with Gasteiger partial charge in [-0.1, -0.05) is 18.1 Å². The Bertz CT molecular complexity index is 1630. The number of Topliss-reactive ketones (excluding diaryl/α,β-unsaturated/α-hetero) is 1. The number of benzene rings is 1. The number of imidazole rings is 1. The third-order valence-corrected chi connectivity index (χ3v) is 6.61. The Morgan fingerprint density at radius 1 is 1.20 bits per heavy atom. The van der Waals surface area contributed by atoms with E-state index in [0.29, 0.717) is 19.0 Å². The van der Waals surface area contributed by atoms with Crippen LogP contribution in [-0.4, -0.2) is 55.3 Å². The number of nitrogens with one attached hydrogen (secondary N) is 1. The highest BCUT2D eigenvalue weighted by atomic mass is 16.6. The van der Waals surface area contributed by atoms with E-state index in [1.165, 1.54) is 11.6 Å². The zero-order valence-corrected chi connectivity index (χ0v) is 23.5. The summed E-state index contributed by atoms with van der Waals surface area (Å²) in [4.78, 5) is 59.1. The fourth-order valence-corrected chi connectivity index (χ4v) is 4.78. The smallest absolute Gasteiger partial charge is 0.407 e. The summed E-state index contributed by atoms with van der Waals surface area (Å²) in [5, 5.41) is 2.92. The van der Waals surface area contributed by atoms with Crippen LogP contribution in [0.4, 0.5) is 16.4 Å². The van der Waals surface area contributed by atoms with Gasteiger partial charge in [0.1, 0.15) is 5.60 Å². The SMILES string of the molecule is CC#CCn1c(N2CCCC(NC(=O)OC(C)(C)C)C2)nc2c1c(=O)n(CC(=O)c1ccccc1N)c(=O)n2C. The Balaban J connectivity index is 1.75. The minimum atomic E-state index is -0.666. The molecule has 0 aliphatic carbocycles. The predicted molar refractivity (Wildman–Crippen MR) is 152 cm³/mol. The molecule has 2 aromatic heterocycles. The molecule has 1 saturated heterocycles. The standard InChI is InChI=1S/C28H35N7O5/c1-6-7-15-34-22-23(31-25(34)33-14-10-11-18(16-33)30-26(38)40-28(2,3)4)32(5)27(39)35(24(22)37)17-21(36)19-12-8-9-13-20(19)29/h8-9,12-13,18H,10-11,14-17,29H2,1-5H3,(H,30,38). The number of hydrogen-bond donors (Lipinski definition) is 2. The Labute approximate surface area is 231 Å². The first kappa shape index (κ1) is 28.5. The van der Waals surface area contributed by atoms with Crippen LogP contribution >= 0.6 is 0 Å². The molecule has 3 heterocycles. The molecule has 3 N–H and O–H groups in total. The van der Waals surface area contributed by atoms with E-state index < -0.39 is 35.3 Å². The maximum Gasteiger partial charge on any atom is 0.407 e. The van der Waals surface area contributed by atoms with Crippen molar-refractivity contribution in [2.75, 3.05) is 23.7 Å². The molecule has 1 aliphatic rings. The second-order valence-corrected chi connectivity index (χ2v) is 10.8. The molecule has 1 unspecified atom stereocenters. The number of ether oxygens (including phenoxy) is 1. The Morgan fingerprint density at radius 3 is 2.60 bits per heavy atom. The van der Waals surface area contributed by atoms with Crippen molar-refractivity contribution in [3.63, 3.8) is 0 Å². The maximum atomic E-state index is 13.7. The van der Waals surface area contributed by atoms with Gasteiger partial charge in [-0.05, 0) is 52.7 Å². The predicted octanol–water partition coefficient (Wildman–Crippen LogP) is 1.88. The first-order valence-corrected chi connectivity index (χ1v) is 13.1. The number of alkyl carbamates (subject to hydrolysis) is 1. The van der Waals surface area contributed by atoms with Crippen molar-refractivity contribution in [2.45, 2.75) is 65.3 Å². The van der Waals surface area contributed by atoms with Crippen LogP contribution in [0.25, 0.3) is 11.2 Å². The summed E-state index contributed by atoms with van der Waals surface area (Å²) < 4.78 is 9.24. The number of nitrogens with two attached hydrogens (primary N) is 1. The van der Waals surface area contributed by atoms with Gasteiger partial charge in [0.15, 0.2) is 16.9 Å². The number of hydrogen-bond acceptors (Lipinski definition) is 8. The number of piperidine rings is 1. The largest absolute Gasteiger partial charge is 0.444 e. The number of amides is 1. The number of carbonyl (C=O) groups is 2. The van der Waals surface area contributed by atoms with E-state index in [0.717, 1.165) is 17.4 Å². The molecule has 0 radical (unpaired) electrons. The summed E-state index contributed by atoms with van der Waals surface area (Å²) in [6.07, 6.45) is 1.01. The number of nitrogen functional groups attached to an aromatic ring is 1. The first-order valence-electron chi connectivity index (χ1n) is 13.1. The van der Waals surface area contributed by atoms with E-state index in [9.17, 15) is 19.2 Å². The Morgan fingerprint density at radius 2 is 1.93 bits per heavy atom. The van der Waals surface area contributed by atoms with Crippen LogP contribution in [0, 0.1) is 11.8 Å². The second-order valence-electron chi connectivity index (χ2n) is 10.8. The van der Waals surface area contributed by atoms with Gasteiger partial charge in [0.05, 0.1) is 13.1 Å². The van der Waals surface area contributed by atoms with E-state index in [1.807, 2.05) is 4.90 Å². The van der Waals surface area contributed by atoms with Crippen molar-refractivity contribution in [1.82, 2.24) is 24.0 Å². The van der Waals surface area contributed by atoms with Gasteiger partial charge in [0.2, 0.25) is 5.95 Å². The molecule has 0 saturated carbocycles. The van der Waals surface area contributed by atoms with Crippen LogP contribution < -0.4 is 27.2 Å². The van der Waals surface area contributed by atoms with E-state index in [2.05, 4.69) is 17.2 Å². The van der Waals surface area contributed by atoms with Crippen LogP contribution in [0.5, 0.6) is 0 Å². The monoisotopic (exact) mass is 549 g/mol. The molecule has 12 nitrogen and oxygen atoms in total. The third-order valence-electron chi connectivity index (χ3n) is 6.61. The number of aromatic nitrogens is 4. The Kier molecular flexibility index (Phi) is 8.04. The molecule has 212 valence electrons. The van der Waals surface area contributed by atoms with Gasteiger partial charge in [-0.2, -0.15) is 4.98 Å². The van der Waals surface area contributed by atoms with Gasteiger partial charge in [0, 0.05) is 37.4 Å². The van der Waals surface area contributed by atoms with E-state index in [1.54, 1.807) is 56.5 Å². The molecule has 3 aromatic rings. The Hall–Kier alpha value is -4.53. The number of aryl methyl sites for hydroxylation is 1. The minimum absolute atomic E-state index is 0.149. The van der Waals surface area contributed by atoms with Gasteiger partial charge in [-0.15, -0.1) is 5.92 Å². The van der Waals surface area contributed by atoms with E-state index in [-0.39, 0.29) is 35.0 Å². The molecule has 0 bridgehead atoms. The lowest BCUT2D eigenvalue weighted by molar-refractivity contribution is 0.0499. The second kappa shape index (κ2) is 11.3. The summed E-state index contributed by atoms with van der Waals surface area (Å²) in [6.45, 7) is 7.83. The summed E-state index contributed by atoms with van der Waals surface area (Å²) in [6, 6.07) is 6.31. The molecule has 4 rings (SSSR count). The van der Waals surface area contributed by atoms with Gasteiger partial charge in [0.25, 0.3) is 5.56 Å². The number of ketones is 1. The highest BCUT2D eigenvalue weighted by molar-refractivity contribution is 6.00. The molecule has 1 amide bonds. The van der Waals surface area contributed by atoms with Crippen LogP contribution in [-0.2, 0) is 24.9 Å². The maximum absolute atomic E-state index is 13.7. The summed E-state index contributed by atoms with van der Waals surface area (Å²) in [5.74, 6) is 5.83.